The minimum absolute atomic E-state index is 0.00530. The second-order valence-electron chi connectivity index (χ2n) is 9.99. The fourth-order valence-electron chi connectivity index (χ4n) is 5.37. The first-order chi connectivity index (χ1) is 19.5. The fourth-order valence-corrected chi connectivity index (χ4v) is 6.56. The maximum atomic E-state index is 13.3. The van der Waals surface area contributed by atoms with Gasteiger partial charge in [0.1, 0.15) is 14.6 Å². The second kappa shape index (κ2) is 11.3. The predicted molar refractivity (Wildman–Crippen MR) is 150 cm³/mol. The molecule has 1 aliphatic rings. The van der Waals surface area contributed by atoms with Crippen molar-refractivity contribution in [1.29, 1.82) is 5.26 Å². The summed E-state index contributed by atoms with van der Waals surface area (Å²) in [5.41, 5.74) is 1.45. The number of aryl methyl sites for hydroxylation is 2. The molecule has 41 heavy (non-hydrogen) atoms. The Morgan fingerprint density at radius 3 is 2.83 bits per heavy atom. The number of fused-ring (bicyclic) bond motifs is 1. The third-order valence-corrected chi connectivity index (χ3v) is 8.62. The zero-order valence-corrected chi connectivity index (χ0v) is 24.5. The Kier molecular flexibility index (Phi) is 7.97. The third-order valence-electron chi connectivity index (χ3n) is 7.16. The first-order valence-electron chi connectivity index (χ1n) is 12.8. The number of benzene rings is 1. The highest BCUT2D eigenvalue weighted by molar-refractivity contribution is 9.10. The maximum Gasteiger partial charge on any atom is 0.390 e. The van der Waals surface area contributed by atoms with E-state index in [0.717, 1.165) is 21.1 Å². The summed E-state index contributed by atoms with van der Waals surface area (Å²) in [5, 5.41) is 29.9. The first kappa shape index (κ1) is 28.9. The number of hydrogen-bond donors (Lipinski definition) is 2. The summed E-state index contributed by atoms with van der Waals surface area (Å²) < 4.78 is 42.2. The number of halogens is 4. The maximum absolute atomic E-state index is 13.3. The molecule has 5 rings (SSSR count). The van der Waals surface area contributed by atoms with E-state index in [0.29, 0.717) is 40.6 Å². The van der Waals surface area contributed by atoms with Crippen LogP contribution in [0.1, 0.15) is 42.7 Å². The number of nitriles is 1. The van der Waals surface area contributed by atoms with Crippen molar-refractivity contribution >= 4 is 50.2 Å². The van der Waals surface area contributed by atoms with Gasteiger partial charge < -0.3 is 10.6 Å². The molecule has 15 heteroatoms. The number of aromatic nitrogens is 6. The molecule has 0 bridgehead atoms. The van der Waals surface area contributed by atoms with Crippen molar-refractivity contribution in [3.63, 3.8) is 0 Å². The van der Waals surface area contributed by atoms with Gasteiger partial charge in [0.15, 0.2) is 5.65 Å². The SMILES string of the molecule is CNC(=O)C1(CC(F)(F)F)CC[C@@H](Nc2ncc3c(Br)nn(-c4ccc(-c5nnc(C)s5)c(CCC#N)c4)c3n2)C1. The van der Waals surface area contributed by atoms with Crippen LogP contribution in [-0.2, 0) is 11.2 Å². The lowest BCUT2D eigenvalue weighted by atomic mass is 9.81. The van der Waals surface area contributed by atoms with E-state index in [2.05, 4.69) is 57.9 Å². The van der Waals surface area contributed by atoms with Crippen molar-refractivity contribution in [2.75, 3.05) is 12.4 Å². The Balaban J connectivity index is 1.46. The second-order valence-corrected chi connectivity index (χ2v) is 11.9. The quantitative estimate of drug-likeness (QED) is 0.256. The lowest BCUT2D eigenvalue weighted by molar-refractivity contribution is -0.168. The van der Waals surface area contributed by atoms with E-state index in [1.807, 2.05) is 25.1 Å². The molecule has 0 spiro atoms. The Morgan fingerprint density at radius 2 is 2.15 bits per heavy atom. The standard InChI is InChI=1S/C26H25BrF3N9OS/c1-14-36-37-22(41-14)18-6-5-17(10-15(18)4-3-9-31)39-21-19(20(27)38-39)12-33-24(35-21)34-16-7-8-25(11-16,23(40)32-2)13-26(28,29)30/h5-6,10,12,16H,3-4,7-8,11,13H2,1-2H3,(H,32,40)(H,33,34,35)/t16-,25?/m1/s1. The number of carbonyl (C=O) groups excluding carboxylic acids is 1. The Labute approximate surface area is 245 Å². The van der Waals surface area contributed by atoms with Gasteiger partial charge in [-0.15, -0.1) is 10.2 Å². The van der Waals surface area contributed by atoms with Gasteiger partial charge in [0, 0.05) is 31.3 Å². The lowest BCUT2D eigenvalue weighted by Gasteiger charge is -2.28. The minimum Gasteiger partial charge on any atom is -0.359 e. The van der Waals surface area contributed by atoms with Crippen molar-refractivity contribution in [3.05, 3.63) is 39.6 Å². The number of rotatable bonds is 8. The highest BCUT2D eigenvalue weighted by Gasteiger charge is 2.51. The van der Waals surface area contributed by atoms with Crippen LogP contribution in [-0.4, -0.2) is 55.1 Å². The molecule has 4 aromatic rings. The van der Waals surface area contributed by atoms with Crippen LogP contribution in [0.25, 0.3) is 27.3 Å². The molecule has 214 valence electrons. The molecule has 1 aromatic carbocycles. The molecule has 1 saturated carbocycles. The monoisotopic (exact) mass is 647 g/mol. The van der Waals surface area contributed by atoms with E-state index >= 15 is 0 Å². The van der Waals surface area contributed by atoms with Gasteiger partial charge >= 0.3 is 6.18 Å². The van der Waals surface area contributed by atoms with Gasteiger partial charge in [0.05, 0.1) is 29.0 Å². The molecule has 2 atom stereocenters. The molecule has 0 saturated heterocycles. The number of hydrogen-bond acceptors (Lipinski definition) is 9. The van der Waals surface area contributed by atoms with Crippen molar-refractivity contribution in [3.8, 4) is 22.3 Å². The Bertz CT molecular complexity index is 1650. The molecule has 3 aromatic heterocycles. The van der Waals surface area contributed by atoms with E-state index < -0.39 is 30.0 Å². The van der Waals surface area contributed by atoms with E-state index in [9.17, 15) is 23.2 Å². The van der Waals surface area contributed by atoms with Gasteiger partial charge in [-0.2, -0.15) is 28.5 Å². The van der Waals surface area contributed by atoms with Crippen LogP contribution < -0.4 is 10.6 Å². The summed E-state index contributed by atoms with van der Waals surface area (Å²) in [4.78, 5) is 21.5. The molecule has 0 aliphatic heterocycles. The number of alkyl halides is 3. The zero-order valence-electron chi connectivity index (χ0n) is 22.1. The van der Waals surface area contributed by atoms with Crippen LogP contribution in [0.2, 0.25) is 0 Å². The molecule has 0 radical (unpaired) electrons. The zero-order chi connectivity index (χ0) is 29.4. The molecule has 1 amide bonds. The summed E-state index contributed by atoms with van der Waals surface area (Å²) >= 11 is 4.93. The average Bonchev–Trinajstić information content (AvgIpc) is 3.63. The van der Waals surface area contributed by atoms with E-state index in [1.165, 1.54) is 18.4 Å². The Hall–Kier alpha value is -3.64. The molecule has 2 N–H and O–H groups in total. The molecular formula is C26H25BrF3N9OS. The van der Waals surface area contributed by atoms with Gasteiger partial charge in [-0.05, 0) is 72.3 Å². The lowest BCUT2D eigenvalue weighted by Crippen LogP contribution is -2.41. The predicted octanol–water partition coefficient (Wildman–Crippen LogP) is 5.51. The molecule has 1 fully saturated rings. The van der Waals surface area contributed by atoms with Crippen LogP contribution in [0.3, 0.4) is 0 Å². The number of nitrogens with zero attached hydrogens (tertiary/aromatic N) is 7. The van der Waals surface area contributed by atoms with Gasteiger partial charge in [0.25, 0.3) is 0 Å². The third kappa shape index (κ3) is 6.03. The largest absolute Gasteiger partial charge is 0.390 e. The molecule has 3 heterocycles. The normalized spacial score (nSPS) is 18.9. The first-order valence-corrected chi connectivity index (χ1v) is 14.4. The highest BCUT2D eigenvalue weighted by atomic mass is 79.9. The van der Waals surface area contributed by atoms with Crippen LogP contribution >= 0.6 is 27.3 Å². The Morgan fingerprint density at radius 1 is 1.34 bits per heavy atom. The van der Waals surface area contributed by atoms with Crippen molar-refractivity contribution in [1.82, 2.24) is 35.3 Å². The number of anilines is 1. The minimum atomic E-state index is -4.47. The van der Waals surface area contributed by atoms with Crippen molar-refractivity contribution in [2.45, 2.75) is 57.7 Å². The van der Waals surface area contributed by atoms with Gasteiger partial charge in [0.2, 0.25) is 11.9 Å². The van der Waals surface area contributed by atoms with Gasteiger partial charge in [-0.3, -0.25) is 4.79 Å². The van der Waals surface area contributed by atoms with Crippen LogP contribution in [0, 0.1) is 23.7 Å². The summed E-state index contributed by atoms with van der Waals surface area (Å²) in [6, 6.07) is 7.50. The number of nitrogens with one attached hydrogen (secondary N) is 2. The van der Waals surface area contributed by atoms with Crippen molar-refractivity contribution < 1.29 is 18.0 Å². The fraction of sp³-hybridized carbons (Fsp3) is 0.423. The smallest absolute Gasteiger partial charge is 0.359 e. The highest BCUT2D eigenvalue weighted by Crippen LogP contribution is 2.47. The summed E-state index contributed by atoms with van der Waals surface area (Å²) in [7, 11) is 1.35. The van der Waals surface area contributed by atoms with Crippen molar-refractivity contribution in [2.24, 2.45) is 5.41 Å². The van der Waals surface area contributed by atoms with Crippen LogP contribution in [0.4, 0.5) is 19.1 Å². The molecular weight excluding hydrogens is 623 g/mol. The molecule has 10 nitrogen and oxygen atoms in total. The molecule has 1 aliphatic carbocycles. The van der Waals surface area contributed by atoms with E-state index in [4.69, 9.17) is 0 Å². The van der Waals surface area contributed by atoms with Crippen LogP contribution in [0.15, 0.2) is 29.0 Å². The number of amides is 1. The van der Waals surface area contributed by atoms with E-state index in [-0.39, 0.29) is 18.8 Å². The molecule has 1 unspecified atom stereocenters. The summed E-state index contributed by atoms with van der Waals surface area (Å²) in [6.45, 7) is 1.88. The van der Waals surface area contributed by atoms with Gasteiger partial charge in [-0.25, -0.2) is 9.67 Å². The average molecular weight is 649 g/mol. The number of carbonyl (C=O) groups is 1. The van der Waals surface area contributed by atoms with Gasteiger partial charge in [-0.1, -0.05) is 11.3 Å². The summed E-state index contributed by atoms with van der Waals surface area (Å²) in [6.07, 6.45) is -2.77. The summed E-state index contributed by atoms with van der Waals surface area (Å²) in [5.74, 6) is -0.390. The van der Waals surface area contributed by atoms with Crippen LogP contribution in [0.5, 0.6) is 0 Å². The van der Waals surface area contributed by atoms with E-state index in [1.54, 1.807) is 10.9 Å². The topological polar surface area (TPSA) is 134 Å².